The highest BCUT2D eigenvalue weighted by molar-refractivity contribution is 5.49. The van der Waals surface area contributed by atoms with Crippen molar-refractivity contribution in [3.05, 3.63) is 71.3 Å². The molecule has 0 fully saturated rings. The summed E-state index contributed by atoms with van der Waals surface area (Å²) in [6.45, 7) is 4.79. The molecule has 2 nitrogen and oxygen atoms in total. The minimum Gasteiger partial charge on any atom is -0.489 e. The first kappa shape index (κ1) is 15.3. The second-order valence-electron chi connectivity index (χ2n) is 5.18. The van der Waals surface area contributed by atoms with Crippen LogP contribution in [0.4, 0.5) is 0 Å². The molecule has 0 aromatic heterocycles. The largest absolute Gasteiger partial charge is 0.489 e. The van der Waals surface area contributed by atoms with Crippen molar-refractivity contribution in [3.8, 4) is 5.75 Å². The van der Waals surface area contributed by atoms with E-state index < -0.39 is 0 Å². The Morgan fingerprint density at radius 1 is 1.14 bits per heavy atom. The number of ether oxygens (including phenoxy) is 1. The van der Waals surface area contributed by atoms with Crippen LogP contribution in [0.1, 0.15) is 29.7 Å². The van der Waals surface area contributed by atoms with Crippen LogP contribution < -0.4 is 10.1 Å². The molecule has 0 radical (unpaired) electrons. The molecule has 0 heterocycles. The lowest BCUT2D eigenvalue weighted by atomic mass is 10.1. The Morgan fingerprint density at radius 2 is 1.90 bits per heavy atom. The summed E-state index contributed by atoms with van der Waals surface area (Å²) >= 11 is 0. The zero-order valence-electron chi connectivity index (χ0n) is 13.0. The highest BCUT2D eigenvalue weighted by atomic mass is 16.5. The minimum atomic E-state index is 0.277. The van der Waals surface area contributed by atoms with Gasteiger partial charge in [-0.05, 0) is 44.2 Å². The molecule has 2 aromatic carbocycles. The Balaban J connectivity index is 2.02. The average molecular weight is 281 g/mol. The van der Waals surface area contributed by atoms with E-state index in [0.29, 0.717) is 6.61 Å². The van der Waals surface area contributed by atoms with Gasteiger partial charge in [-0.15, -0.1) is 0 Å². The van der Waals surface area contributed by atoms with Gasteiger partial charge in [0.15, 0.2) is 0 Å². The Bertz CT molecular complexity index is 590. The van der Waals surface area contributed by atoms with Crippen molar-refractivity contribution in [2.45, 2.75) is 19.9 Å². The van der Waals surface area contributed by atoms with Crippen LogP contribution in [0.5, 0.6) is 5.75 Å². The molecular weight excluding hydrogens is 258 g/mol. The van der Waals surface area contributed by atoms with E-state index in [1.807, 2.05) is 31.3 Å². The Labute approximate surface area is 127 Å². The summed E-state index contributed by atoms with van der Waals surface area (Å²) in [6.07, 6.45) is 4.13. The highest BCUT2D eigenvalue weighted by Gasteiger charge is 2.09. The summed E-state index contributed by atoms with van der Waals surface area (Å²) in [5, 5.41) is 3.26. The predicted octanol–water partition coefficient (Wildman–Crippen LogP) is 4.37. The van der Waals surface area contributed by atoms with E-state index in [2.05, 4.69) is 55.6 Å². The molecule has 0 amide bonds. The fourth-order valence-corrected chi connectivity index (χ4v) is 2.17. The Morgan fingerprint density at radius 3 is 2.62 bits per heavy atom. The maximum absolute atomic E-state index is 5.94. The van der Waals surface area contributed by atoms with Crippen LogP contribution in [0, 0.1) is 6.92 Å². The first-order chi connectivity index (χ1) is 10.2. The van der Waals surface area contributed by atoms with Crippen molar-refractivity contribution >= 4 is 6.08 Å². The van der Waals surface area contributed by atoms with Gasteiger partial charge in [-0.2, -0.15) is 0 Å². The molecule has 21 heavy (non-hydrogen) atoms. The summed E-state index contributed by atoms with van der Waals surface area (Å²) in [7, 11) is 1.96. The van der Waals surface area contributed by atoms with Gasteiger partial charge in [0.1, 0.15) is 12.4 Å². The quantitative estimate of drug-likeness (QED) is 0.849. The number of nitrogens with one attached hydrogen (secondary N) is 1. The smallest absolute Gasteiger partial charge is 0.124 e. The summed E-state index contributed by atoms with van der Waals surface area (Å²) in [5.74, 6) is 0.953. The molecule has 1 atom stereocenters. The summed E-state index contributed by atoms with van der Waals surface area (Å²) in [4.78, 5) is 0. The van der Waals surface area contributed by atoms with Gasteiger partial charge in [0.25, 0.3) is 0 Å². The monoisotopic (exact) mass is 281 g/mol. The normalized spacial score (nSPS) is 12.5. The van der Waals surface area contributed by atoms with Crippen LogP contribution in [-0.4, -0.2) is 13.7 Å². The fraction of sp³-hybridized carbons (Fsp3) is 0.263. The molecule has 2 rings (SSSR count). The van der Waals surface area contributed by atoms with Crippen LogP contribution in [-0.2, 0) is 0 Å². The number of rotatable bonds is 6. The van der Waals surface area contributed by atoms with Gasteiger partial charge >= 0.3 is 0 Å². The summed E-state index contributed by atoms with van der Waals surface area (Å²) in [5.41, 5.74) is 3.59. The van der Waals surface area contributed by atoms with Gasteiger partial charge in [0.05, 0.1) is 0 Å². The van der Waals surface area contributed by atoms with E-state index in [1.54, 1.807) is 0 Å². The average Bonchev–Trinajstić information content (AvgIpc) is 2.52. The van der Waals surface area contributed by atoms with Gasteiger partial charge < -0.3 is 10.1 Å². The van der Waals surface area contributed by atoms with Crippen LogP contribution in [0.15, 0.2) is 54.6 Å². The number of aryl methyl sites for hydroxylation is 1. The topological polar surface area (TPSA) is 21.3 Å². The van der Waals surface area contributed by atoms with Gasteiger partial charge in [-0.3, -0.25) is 0 Å². The van der Waals surface area contributed by atoms with Crippen LogP contribution in [0.25, 0.3) is 6.08 Å². The number of hydrogen-bond donors (Lipinski definition) is 1. The number of hydrogen-bond acceptors (Lipinski definition) is 2. The maximum atomic E-state index is 5.94. The first-order valence-electron chi connectivity index (χ1n) is 7.33. The molecule has 0 aliphatic carbocycles. The van der Waals surface area contributed by atoms with Crippen molar-refractivity contribution in [1.82, 2.24) is 5.32 Å². The van der Waals surface area contributed by atoms with E-state index in [0.717, 1.165) is 5.75 Å². The molecule has 2 heteroatoms. The van der Waals surface area contributed by atoms with E-state index in [9.17, 15) is 0 Å². The van der Waals surface area contributed by atoms with Crippen molar-refractivity contribution in [2.24, 2.45) is 0 Å². The molecule has 0 bridgehead atoms. The standard InChI is InChI=1S/C19H23NO/c1-15-11-12-18(16(2)20-3)19(14-15)21-13-7-10-17-8-5-4-6-9-17/h4-12,14,16,20H,13H2,1-3H3. The molecule has 0 spiro atoms. The predicted molar refractivity (Wildman–Crippen MR) is 89.6 cm³/mol. The van der Waals surface area contributed by atoms with E-state index in [4.69, 9.17) is 4.74 Å². The molecule has 1 unspecified atom stereocenters. The second kappa shape index (κ2) is 7.65. The van der Waals surface area contributed by atoms with Gasteiger partial charge in [0.2, 0.25) is 0 Å². The maximum Gasteiger partial charge on any atom is 0.124 e. The third-order valence-corrected chi connectivity index (χ3v) is 3.51. The molecule has 2 aromatic rings. The van der Waals surface area contributed by atoms with Crippen molar-refractivity contribution < 1.29 is 4.74 Å². The molecule has 0 aliphatic heterocycles. The molecule has 0 saturated carbocycles. The highest BCUT2D eigenvalue weighted by Crippen LogP contribution is 2.26. The SMILES string of the molecule is CNC(C)c1ccc(C)cc1OCC=Cc1ccccc1. The Hall–Kier alpha value is -2.06. The van der Waals surface area contributed by atoms with Crippen molar-refractivity contribution in [2.75, 3.05) is 13.7 Å². The lowest BCUT2D eigenvalue weighted by Crippen LogP contribution is -2.14. The van der Waals surface area contributed by atoms with Crippen molar-refractivity contribution in [3.63, 3.8) is 0 Å². The molecule has 110 valence electrons. The molecule has 0 saturated heterocycles. The third-order valence-electron chi connectivity index (χ3n) is 3.51. The van der Waals surface area contributed by atoms with E-state index in [-0.39, 0.29) is 6.04 Å². The molecule has 0 aliphatic rings. The lowest BCUT2D eigenvalue weighted by molar-refractivity contribution is 0.355. The first-order valence-corrected chi connectivity index (χ1v) is 7.33. The fourth-order valence-electron chi connectivity index (χ4n) is 2.17. The van der Waals surface area contributed by atoms with Gasteiger partial charge in [-0.25, -0.2) is 0 Å². The Kier molecular flexibility index (Phi) is 5.59. The zero-order valence-corrected chi connectivity index (χ0v) is 13.0. The second-order valence-corrected chi connectivity index (χ2v) is 5.18. The van der Waals surface area contributed by atoms with Crippen LogP contribution in [0.3, 0.4) is 0 Å². The summed E-state index contributed by atoms with van der Waals surface area (Å²) in [6, 6.07) is 16.9. The van der Waals surface area contributed by atoms with Crippen LogP contribution >= 0.6 is 0 Å². The summed E-state index contributed by atoms with van der Waals surface area (Å²) < 4.78 is 5.94. The van der Waals surface area contributed by atoms with Gasteiger partial charge in [-0.1, -0.05) is 48.5 Å². The van der Waals surface area contributed by atoms with E-state index in [1.165, 1.54) is 16.7 Å². The van der Waals surface area contributed by atoms with E-state index >= 15 is 0 Å². The number of benzene rings is 2. The van der Waals surface area contributed by atoms with Gasteiger partial charge in [0, 0.05) is 11.6 Å². The third kappa shape index (κ3) is 4.47. The van der Waals surface area contributed by atoms with Crippen LogP contribution in [0.2, 0.25) is 0 Å². The molecule has 1 N–H and O–H groups in total. The minimum absolute atomic E-state index is 0.277. The van der Waals surface area contributed by atoms with Crippen molar-refractivity contribution in [1.29, 1.82) is 0 Å². The lowest BCUT2D eigenvalue weighted by Gasteiger charge is -2.16. The molecular formula is C19H23NO. The zero-order chi connectivity index (χ0) is 15.1.